The Bertz CT molecular complexity index is 368. The summed E-state index contributed by atoms with van der Waals surface area (Å²) in [6.45, 7) is 10.7. The standard InChI is InChI=1S/C17H32N4O2/c22-17(21-9-5-18-6-10-21)4-8-20-7-2-1-3-16(20)15-19-11-13-23-14-12-19/h16,18H,1-15H2. The average molecular weight is 324 g/mol. The van der Waals surface area contributed by atoms with Crippen LogP contribution in [0.15, 0.2) is 0 Å². The molecule has 0 aliphatic carbocycles. The van der Waals surface area contributed by atoms with Crippen molar-refractivity contribution in [1.29, 1.82) is 0 Å². The topological polar surface area (TPSA) is 48.1 Å². The lowest BCUT2D eigenvalue weighted by Gasteiger charge is -2.40. The number of carbonyl (C=O) groups excluding carboxylic acids is 1. The molecule has 1 atom stereocenters. The lowest BCUT2D eigenvalue weighted by molar-refractivity contribution is -0.132. The first-order valence-corrected chi connectivity index (χ1v) is 9.35. The summed E-state index contributed by atoms with van der Waals surface area (Å²) in [4.78, 5) is 19.5. The molecule has 1 amide bonds. The van der Waals surface area contributed by atoms with Gasteiger partial charge in [0.1, 0.15) is 0 Å². The zero-order valence-corrected chi connectivity index (χ0v) is 14.3. The van der Waals surface area contributed by atoms with Gasteiger partial charge in [-0.3, -0.25) is 14.6 Å². The molecule has 132 valence electrons. The number of nitrogens with zero attached hydrogens (tertiary/aromatic N) is 3. The van der Waals surface area contributed by atoms with Crippen molar-refractivity contribution in [3.63, 3.8) is 0 Å². The van der Waals surface area contributed by atoms with Gasteiger partial charge >= 0.3 is 0 Å². The first-order chi connectivity index (χ1) is 11.3. The van der Waals surface area contributed by atoms with Crippen LogP contribution in [0.3, 0.4) is 0 Å². The van der Waals surface area contributed by atoms with E-state index < -0.39 is 0 Å². The van der Waals surface area contributed by atoms with Crippen molar-refractivity contribution >= 4 is 5.91 Å². The molecule has 0 saturated carbocycles. The number of morpholine rings is 1. The number of piperidine rings is 1. The largest absolute Gasteiger partial charge is 0.379 e. The molecule has 3 rings (SSSR count). The molecule has 0 bridgehead atoms. The zero-order valence-electron chi connectivity index (χ0n) is 14.3. The number of likely N-dealkylation sites (tertiary alicyclic amines) is 1. The van der Waals surface area contributed by atoms with E-state index in [9.17, 15) is 4.79 Å². The highest BCUT2D eigenvalue weighted by Gasteiger charge is 2.26. The molecular formula is C17H32N4O2. The second-order valence-corrected chi connectivity index (χ2v) is 6.98. The van der Waals surface area contributed by atoms with Crippen LogP contribution in [0.25, 0.3) is 0 Å². The van der Waals surface area contributed by atoms with Crippen molar-refractivity contribution in [2.24, 2.45) is 0 Å². The number of rotatable bonds is 5. The van der Waals surface area contributed by atoms with Crippen LogP contribution in [0.2, 0.25) is 0 Å². The van der Waals surface area contributed by atoms with Gasteiger partial charge in [-0.15, -0.1) is 0 Å². The van der Waals surface area contributed by atoms with Crippen LogP contribution in [-0.2, 0) is 9.53 Å². The fourth-order valence-corrected chi connectivity index (χ4v) is 3.95. The number of ether oxygens (including phenoxy) is 1. The van der Waals surface area contributed by atoms with E-state index in [4.69, 9.17) is 4.74 Å². The van der Waals surface area contributed by atoms with E-state index in [1.807, 2.05) is 4.90 Å². The molecule has 0 aromatic carbocycles. The van der Waals surface area contributed by atoms with Crippen LogP contribution in [0.5, 0.6) is 0 Å². The molecule has 1 unspecified atom stereocenters. The van der Waals surface area contributed by atoms with E-state index in [2.05, 4.69) is 15.1 Å². The molecule has 0 radical (unpaired) electrons. The van der Waals surface area contributed by atoms with Crippen molar-refractivity contribution < 1.29 is 9.53 Å². The number of carbonyl (C=O) groups is 1. The molecule has 0 aromatic heterocycles. The first-order valence-electron chi connectivity index (χ1n) is 9.35. The predicted molar refractivity (Wildman–Crippen MR) is 90.5 cm³/mol. The quantitative estimate of drug-likeness (QED) is 0.771. The zero-order chi connectivity index (χ0) is 15.9. The van der Waals surface area contributed by atoms with Gasteiger partial charge in [0.15, 0.2) is 0 Å². The third-order valence-corrected chi connectivity index (χ3v) is 5.40. The average Bonchev–Trinajstić information content (AvgIpc) is 2.62. The molecule has 0 spiro atoms. The van der Waals surface area contributed by atoms with E-state index in [-0.39, 0.29) is 0 Å². The SMILES string of the molecule is O=C(CCN1CCCCC1CN1CCOCC1)N1CCNCC1. The summed E-state index contributed by atoms with van der Waals surface area (Å²) in [6, 6.07) is 0.623. The number of amides is 1. The second kappa shape index (κ2) is 8.97. The smallest absolute Gasteiger partial charge is 0.223 e. The molecule has 6 heteroatoms. The van der Waals surface area contributed by atoms with Crippen LogP contribution in [-0.4, -0.2) is 98.8 Å². The normalized spacial score (nSPS) is 28.0. The maximum Gasteiger partial charge on any atom is 0.223 e. The Labute approximate surface area is 140 Å². The molecule has 6 nitrogen and oxygen atoms in total. The Hall–Kier alpha value is -0.690. The Kier molecular flexibility index (Phi) is 6.68. The summed E-state index contributed by atoms with van der Waals surface area (Å²) in [7, 11) is 0. The van der Waals surface area contributed by atoms with Crippen molar-refractivity contribution in [2.75, 3.05) is 72.1 Å². The van der Waals surface area contributed by atoms with E-state index in [1.165, 1.54) is 19.3 Å². The summed E-state index contributed by atoms with van der Waals surface area (Å²) >= 11 is 0. The van der Waals surface area contributed by atoms with Crippen LogP contribution in [0.1, 0.15) is 25.7 Å². The van der Waals surface area contributed by atoms with E-state index in [1.54, 1.807) is 0 Å². The molecule has 23 heavy (non-hydrogen) atoms. The Morgan fingerprint density at radius 3 is 2.61 bits per heavy atom. The van der Waals surface area contributed by atoms with Crippen LogP contribution in [0, 0.1) is 0 Å². The van der Waals surface area contributed by atoms with Gasteiger partial charge in [0.25, 0.3) is 0 Å². The highest BCUT2D eigenvalue weighted by atomic mass is 16.5. The van der Waals surface area contributed by atoms with E-state index >= 15 is 0 Å². The van der Waals surface area contributed by atoms with Crippen molar-refractivity contribution in [1.82, 2.24) is 20.0 Å². The molecule has 3 aliphatic heterocycles. The second-order valence-electron chi connectivity index (χ2n) is 6.98. The minimum absolute atomic E-state index is 0.335. The molecule has 3 aliphatic rings. The maximum atomic E-state index is 12.4. The molecule has 1 N–H and O–H groups in total. The summed E-state index contributed by atoms with van der Waals surface area (Å²) in [5.74, 6) is 0.335. The minimum Gasteiger partial charge on any atom is -0.379 e. The van der Waals surface area contributed by atoms with Crippen molar-refractivity contribution in [3.05, 3.63) is 0 Å². The molecular weight excluding hydrogens is 292 g/mol. The molecule has 3 fully saturated rings. The molecule has 3 heterocycles. The summed E-state index contributed by atoms with van der Waals surface area (Å²) in [6.07, 6.45) is 4.57. The van der Waals surface area contributed by atoms with Crippen LogP contribution < -0.4 is 5.32 Å². The van der Waals surface area contributed by atoms with E-state index in [0.29, 0.717) is 18.4 Å². The third kappa shape index (κ3) is 5.14. The highest BCUT2D eigenvalue weighted by Crippen LogP contribution is 2.19. The lowest BCUT2D eigenvalue weighted by Crippen LogP contribution is -2.51. The molecule has 3 saturated heterocycles. The monoisotopic (exact) mass is 324 g/mol. The number of hydrogen-bond donors (Lipinski definition) is 1. The predicted octanol–water partition coefficient (Wildman–Crippen LogP) is -0.00500. The van der Waals surface area contributed by atoms with Gasteiger partial charge in [0.2, 0.25) is 5.91 Å². The van der Waals surface area contributed by atoms with Gasteiger partial charge in [-0.2, -0.15) is 0 Å². The number of hydrogen-bond acceptors (Lipinski definition) is 5. The summed E-state index contributed by atoms with van der Waals surface area (Å²) in [5.41, 5.74) is 0. The number of nitrogens with one attached hydrogen (secondary N) is 1. The van der Waals surface area contributed by atoms with Gasteiger partial charge in [-0.25, -0.2) is 0 Å². The van der Waals surface area contributed by atoms with Gasteiger partial charge in [-0.05, 0) is 19.4 Å². The van der Waals surface area contributed by atoms with Gasteiger partial charge in [0, 0.05) is 64.8 Å². The summed E-state index contributed by atoms with van der Waals surface area (Å²) in [5, 5.41) is 3.31. The van der Waals surface area contributed by atoms with Gasteiger partial charge in [0.05, 0.1) is 13.2 Å². The Balaban J connectivity index is 1.44. The molecule has 0 aromatic rings. The van der Waals surface area contributed by atoms with Crippen molar-refractivity contribution in [3.8, 4) is 0 Å². The highest BCUT2D eigenvalue weighted by molar-refractivity contribution is 5.76. The van der Waals surface area contributed by atoms with Crippen molar-refractivity contribution in [2.45, 2.75) is 31.7 Å². The summed E-state index contributed by atoms with van der Waals surface area (Å²) < 4.78 is 5.45. The third-order valence-electron chi connectivity index (χ3n) is 5.40. The Morgan fingerprint density at radius 1 is 1.04 bits per heavy atom. The fourth-order valence-electron chi connectivity index (χ4n) is 3.95. The van der Waals surface area contributed by atoms with E-state index in [0.717, 1.165) is 72.1 Å². The van der Waals surface area contributed by atoms with Gasteiger partial charge < -0.3 is 15.0 Å². The van der Waals surface area contributed by atoms with Crippen LogP contribution >= 0.6 is 0 Å². The minimum atomic E-state index is 0.335. The lowest BCUT2D eigenvalue weighted by atomic mass is 10.0. The first kappa shape index (κ1) is 17.1. The fraction of sp³-hybridized carbons (Fsp3) is 0.941. The van der Waals surface area contributed by atoms with Gasteiger partial charge in [-0.1, -0.05) is 6.42 Å². The van der Waals surface area contributed by atoms with Crippen LogP contribution in [0.4, 0.5) is 0 Å². The maximum absolute atomic E-state index is 12.4. The Morgan fingerprint density at radius 2 is 1.83 bits per heavy atom. The number of piperazine rings is 1.